The SMILES string of the molecule is COc1cc(/C=N\NC(=O)C(=O)Nc2nnc(-c3ccccc3)s2)ccc1OC(=O)c1ccc(Cl)cc1. The van der Waals surface area contributed by atoms with E-state index in [1.54, 1.807) is 36.4 Å². The molecule has 2 amide bonds. The highest BCUT2D eigenvalue weighted by molar-refractivity contribution is 7.18. The Morgan fingerprint density at radius 2 is 1.70 bits per heavy atom. The molecule has 0 aliphatic heterocycles. The van der Waals surface area contributed by atoms with Gasteiger partial charge in [0.1, 0.15) is 5.01 Å². The van der Waals surface area contributed by atoms with E-state index in [1.807, 2.05) is 30.3 Å². The summed E-state index contributed by atoms with van der Waals surface area (Å²) in [5.41, 5.74) is 3.82. The number of anilines is 1. The summed E-state index contributed by atoms with van der Waals surface area (Å²) in [6, 6.07) is 20.2. The van der Waals surface area contributed by atoms with Crippen LogP contribution in [0.25, 0.3) is 10.6 Å². The van der Waals surface area contributed by atoms with Crippen LogP contribution in [0.4, 0.5) is 5.13 Å². The number of hydrogen-bond donors (Lipinski definition) is 2. The second-order valence-electron chi connectivity index (χ2n) is 7.24. The van der Waals surface area contributed by atoms with Crippen molar-refractivity contribution in [1.82, 2.24) is 15.6 Å². The normalized spacial score (nSPS) is 10.6. The van der Waals surface area contributed by atoms with Crippen LogP contribution in [0.5, 0.6) is 11.5 Å². The van der Waals surface area contributed by atoms with Crippen molar-refractivity contribution in [2.45, 2.75) is 0 Å². The highest BCUT2D eigenvalue weighted by Gasteiger charge is 2.16. The van der Waals surface area contributed by atoms with Crippen LogP contribution in [-0.4, -0.2) is 41.3 Å². The summed E-state index contributed by atoms with van der Waals surface area (Å²) in [6.45, 7) is 0. The zero-order chi connectivity index (χ0) is 26.2. The molecule has 37 heavy (non-hydrogen) atoms. The molecule has 10 nitrogen and oxygen atoms in total. The van der Waals surface area contributed by atoms with Crippen LogP contribution in [0.15, 0.2) is 77.9 Å². The van der Waals surface area contributed by atoms with Gasteiger partial charge in [0.15, 0.2) is 11.5 Å². The maximum Gasteiger partial charge on any atom is 0.343 e. The first-order valence-corrected chi connectivity index (χ1v) is 11.8. The highest BCUT2D eigenvalue weighted by Crippen LogP contribution is 2.29. The van der Waals surface area contributed by atoms with E-state index in [4.69, 9.17) is 21.1 Å². The molecule has 1 heterocycles. The number of ether oxygens (including phenoxy) is 2. The van der Waals surface area contributed by atoms with E-state index < -0.39 is 17.8 Å². The Balaban J connectivity index is 1.33. The molecule has 186 valence electrons. The fraction of sp³-hybridized carbons (Fsp3) is 0.0400. The summed E-state index contributed by atoms with van der Waals surface area (Å²) in [6.07, 6.45) is 1.30. The van der Waals surface area contributed by atoms with Gasteiger partial charge >= 0.3 is 17.8 Å². The van der Waals surface area contributed by atoms with Crippen molar-refractivity contribution in [2.24, 2.45) is 5.10 Å². The van der Waals surface area contributed by atoms with Crippen molar-refractivity contribution >= 4 is 52.1 Å². The van der Waals surface area contributed by atoms with Gasteiger partial charge in [-0.1, -0.05) is 53.3 Å². The second-order valence-corrected chi connectivity index (χ2v) is 8.65. The molecule has 3 aromatic carbocycles. The lowest BCUT2D eigenvalue weighted by atomic mass is 10.2. The fourth-order valence-electron chi connectivity index (χ4n) is 2.93. The van der Waals surface area contributed by atoms with E-state index >= 15 is 0 Å². The Kier molecular flexibility index (Phi) is 8.18. The van der Waals surface area contributed by atoms with E-state index in [9.17, 15) is 14.4 Å². The number of aromatic nitrogens is 2. The number of nitrogens with zero attached hydrogens (tertiary/aromatic N) is 3. The van der Waals surface area contributed by atoms with Crippen molar-refractivity contribution < 1.29 is 23.9 Å². The van der Waals surface area contributed by atoms with Crippen molar-refractivity contribution in [3.8, 4) is 22.1 Å². The first kappa shape index (κ1) is 25.5. The number of amides is 2. The topological polar surface area (TPSA) is 132 Å². The predicted octanol–water partition coefficient (Wildman–Crippen LogP) is 4.18. The molecule has 0 saturated carbocycles. The molecule has 2 N–H and O–H groups in total. The van der Waals surface area contributed by atoms with Crippen molar-refractivity contribution in [1.29, 1.82) is 0 Å². The molecule has 1 aromatic heterocycles. The van der Waals surface area contributed by atoms with Gasteiger partial charge in [-0.05, 0) is 48.0 Å². The largest absolute Gasteiger partial charge is 0.493 e. The number of nitrogens with one attached hydrogen (secondary N) is 2. The summed E-state index contributed by atoms with van der Waals surface area (Å²) < 4.78 is 10.7. The number of carbonyl (C=O) groups excluding carboxylic acids is 3. The Labute approximate surface area is 219 Å². The minimum absolute atomic E-state index is 0.177. The Morgan fingerprint density at radius 3 is 2.43 bits per heavy atom. The third-order valence-corrected chi connectivity index (χ3v) is 5.86. The van der Waals surface area contributed by atoms with Crippen LogP contribution in [-0.2, 0) is 9.59 Å². The van der Waals surface area contributed by atoms with Gasteiger partial charge in [-0.15, -0.1) is 10.2 Å². The van der Waals surface area contributed by atoms with Gasteiger partial charge in [-0.3, -0.25) is 14.9 Å². The smallest absolute Gasteiger partial charge is 0.343 e. The molecule has 0 unspecified atom stereocenters. The fourth-order valence-corrected chi connectivity index (χ4v) is 3.80. The number of hydrogen-bond acceptors (Lipinski definition) is 9. The van der Waals surface area contributed by atoms with Crippen molar-refractivity contribution in [2.75, 3.05) is 12.4 Å². The van der Waals surface area contributed by atoms with Gasteiger partial charge in [0, 0.05) is 10.6 Å². The molecular formula is C25H18ClN5O5S. The summed E-state index contributed by atoms with van der Waals surface area (Å²) in [4.78, 5) is 36.6. The minimum atomic E-state index is -0.992. The van der Waals surface area contributed by atoms with Gasteiger partial charge in [-0.25, -0.2) is 10.2 Å². The van der Waals surface area contributed by atoms with Crippen molar-refractivity contribution in [3.05, 3.63) is 88.9 Å². The van der Waals surface area contributed by atoms with E-state index in [-0.39, 0.29) is 16.6 Å². The maximum absolute atomic E-state index is 12.4. The molecule has 0 fully saturated rings. The predicted molar refractivity (Wildman–Crippen MR) is 139 cm³/mol. The number of carbonyl (C=O) groups is 3. The number of hydrazone groups is 1. The van der Waals surface area contributed by atoms with Gasteiger partial charge in [0.2, 0.25) is 5.13 Å². The van der Waals surface area contributed by atoms with Crippen LogP contribution in [0, 0.1) is 0 Å². The number of halogens is 1. The third-order valence-electron chi connectivity index (χ3n) is 4.72. The number of benzene rings is 3. The monoisotopic (exact) mass is 535 g/mol. The molecule has 0 aliphatic rings. The Bertz CT molecular complexity index is 1460. The molecule has 12 heteroatoms. The van der Waals surface area contributed by atoms with Crippen molar-refractivity contribution in [3.63, 3.8) is 0 Å². The van der Waals surface area contributed by atoms with Gasteiger partial charge in [-0.2, -0.15) is 5.10 Å². The summed E-state index contributed by atoms with van der Waals surface area (Å²) in [5.74, 6) is -2.07. The number of methoxy groups -OCH3 is 1. The first-order valence-electron chi connectivity index (χ1n) is 10.6. The van der Waals surface area contributed by atoms with Crippen LogP contribution in [0.2, 0.25) is 5.02 Å². The summed E-state index contributed by atoms with van der Waals surface area (Å²) in [7, 11) is 1.42. The Hall–Kier alpha value is -4.61. The van der Waals surface area contributed by atoms with Crippen LogP contribution in [0.3, 0.4) is 0 Å². The lowest BCUT2D eigenvalue weighted by Gasteiger charge is -2.10. The molecular weight excluding hydrogens is 518 g/mol. The third kappa shape index (κ3) is 6.75. The first-order chi connectivity index (χ1) is 17.9. The molecule has 0 radical (unpaired) electrons. The molecule has 0 atom stereocenters. The highest BCUT2D eigenvalue weighted by atomic mass is 35.5. The van der Waals surface area contributed by atoms with E-state index in [0.29, 0.717) is 21.2 Å². The van der Waals surface area contributed by atoms with Crippen LogP contribution < -0.4 is 20.2 Å². The molecule has 0 saturated heterocycles. The lowest BCUT2D eigenvalue weighted by Crippen LogP contribution is -2.32. The standard InChI is InChI=1S/C25H18ClN5O5S/c1-35-20-13-15(7-12-19(20)36-24(34)17-8-10-18(26)11-9-17)14-27-29-22(33)21(32)28-25-31-30-23(37-25)16-5-3-2-4-6-16/h2-14H,1H3,(H,29,33)(H,28,31,32)/b27-14-. The van der Waals surface area contributed by atoms with Gasteiger partial charge in [0.25, 0.3) is 0 Å². The number of rotatable bonds is 7. The lowest BCUT2D eigenvalue weighted by molar-refractivity contribution is -0.136. The molecule has 0 aliphatic carbocycles. The zero-order valence-corrected chi connectivity index (χ0v) is 20.7. The molecule has 0 spiro atoms. The zero-order valence-electron chi connectivity index (χ0n) is 19.2. The average molecular weight is 536 g/mol. The number of esters is 1. The van der Waals surface area contributed by atoms with Gasteiger partial charge < -0.3 is 9.47 Å². The van der Waals surface area contributed by atoms with Crippen LogP contribution >= 0.6 is 22.9 Å². The summed E-state index contributed by atoms with van der Waals surface area (Å²) in [5, 5.41) is 15.3. The van der Waals surface area contributed by atoms with Crippen LogP contribution in [0.1, 0.15) is 15.9 Å². The second kappa shape index (κ2) is 11.9. The maximum atomic E-state index is 12.4. The van der Waals surface area contributed by atoms with Gasteiger partial charge in [0.05, 0.1) is 18.9 Å². The van der Waals surface area contributed by atoms with E-state index in [0.717, 1.165) is 16.9 Å². The molecule has 4 rings (SSSR count). The average Bonchev–Trinajstić information content (AvgIpc) is 3.38. The summed E-state index contributed by atoms with van der Waals surface area (Å²) >= 11 is 6.97. The molecule has 4 aromatic rings. The minimum Gasteiger partial charge on any atom is -0.493 e. The molecule has 0 bridgehead atoms. The van der Waals surface area contributed by atoms with E-state index in [1.165, 1.54) is 19.4 Å². The quantitative estimate of drug-likeness (QED) is 0.119. The van der Waals surface area contributed by atoms with E-state index in [2.05, 4.69) is 26.0 Å². The Morgan fingerprint density at radius 1 is 0.946 bits per heavy atom.